The molecular formula is C22H26N6O3. The molecule has 0 aliphatic carbocycles. The molecule has 2 N–H and O–H groups in total. The monoisotopic (exact) mass is 422 g/mol. The molecule has 31 heavy (non-hydrogen) atoms. The van der Waals surface area contributed by atoms with Crippen molar-refractivity contribution in [3.63, 3.8) is 0 Å². The Morgan fingerprint density at radius 2 is 2.03 bits per heavy atom. The summed E-state index contributed by atoms with van der Waals surface area (Å²) in [5, 5.41) is 10.4. The van der Waals surface area contributed by atoms with Gasteiger partial charge in [0.05, 0.1) is 5.69 Å². The Hall–Kier alpha value is -3.36. The molecule has 2 unspecified atom stereocenters. The zero-order valence-corrected chi connectivity index (χ0v) is 17.9. The van der Waals surface area contributed by atoms with E-state index in [1.165, 1.54) is 0 Å². The Labute approximate surface area is 180 Å². The number of nitrogens with one attached hydrogen (secondary N) is 2. The van der Waals surface area contributed by atoms with Gasteiger partial charge in [0.25, 0.3) is 5.91 Å². The van der Waals surface area contributed by atoms with E-state index in [1.807, 2.05) is 30.8 Å². The summed E-state index contributed by atoms with van der Waals surface area (Å²) in [4.78, 5) is 40.9. The van der Waals surface area contributed by atoms with Crippen LogP contribution in [-0.4, -0.2) is 51.0 Å². The summed E-state index contributed by atoms with van der Waals surface area (Å²) in [7, 11) is 1.95. The maximum Gasteiger partial charge on any atom is 0.255 e. The number of aromatic nitrogens is 2. The van der Waals surface area contributed by atoms with E-state index in [-0.39, 0.29) is 30.2 Å². The van der Waals surface area contributed by atoms with Gasteiger partial charge in [-0.1, -0.05) is 12.1 Å². The number of piperidine rings is 1. The van der Waals surface area contributed by atoms with Gasteiger partial charge in [-0.3, -0.25) is 24.4 Å². The molecule has 2 atom stereocenters. The van der Waals surface area contributed by atoms with Crippen molar-refractivity contribution >= 4 is 29.2 Å². The van der Waals surface area contributed by atoms with Crippen LogP contribution in [0.1, 0.15) is 46.9 Å². The molecule has 0 radical (unpaired) electrons. The molecule has 0 spiro atoms. The summed E-state index contributed by atoms with van der Waals surface area (Å²) >= 11 is 0. The van der Waals surface area contributed by atoms with Crippen LogP contribution in [0.15, 0.2) is 18.2 Å². The predicted octanol–water partition coefficient (Wildman–Crippen LogP) is 1.31. The molecule has 4 heterocycles. The largest absolute Gasteiger partial charge is 0.378 e. The van der Waals surface area contributed by atoms with E-state index in [1.54, 1.807) is 4.90 Å². The minimum atomic E-state index is -0.602. The van der Waals surface area contributed by atoms with Crippen molar-refractivity contribution in [2.24, 2.45) is 7.05 Å². The summed E-state index contributed by atoms with van der Waals surface area (Å²) in [6.07, 6.45) is 0.622. The van der Waals surface area contributed by atoms with Gasteiger partial charge >= 0.3 is 0 Å². The zero-order chi connectivity index (χ0) is 21.9. The third-order valence-electron chi connectivity index (χ3n) is 6.59. The van der Waals surface area contributed by atoms with Crippen LogP contribution in [-0.2, 0) is 29.7 Å². The number of nitrogens with zero attached hydrogens (tertiary/aromatic N) is 4. The number of hydrogen-bond acceptors (Lipinski definition) is 6. The first-order valence-electron chi connectivity index (χ1n) is 10.6. The van der Waals surface area contributed by atoms with E-state index >= 15 is 0 Å². The Morgan fingerprint density at radius 3 is 2.81 bits per heavy atom. The minimum absolute atomic E-state index is 0.142. The number of hydrogen-bond donors (Lipinski definition) is 2. The second kappa shape index (κ2) is 7.11. The molecule has 1 aromatic carbocycles. The zero-order valence-electron chi connectivity index (χ0n) is 17.9. The fourth-order valence-corrected chi connectivity index (χ4v) is 4.96. The lowest BCUT2D eigenvalue weighted by Gasteiger charge is -2.36. The first-order chi connectivity index (χ1) is 14.8. The van der Waals surface area contributed by atoms with Gasteiger partial charge in [0.15, 0.2) is 5.82 Å². The van der Waals surface area contributed by atoms with Crippen LogP contribution in [0, 0.1) is 6.92 Å². The van der Waals surface area contributed by atoms with Gasteiger partial charge in [0.2, 0.25) is 11.8 Å². The fourth-order valence-electron chi connectivity index (χ4n) is 4.96. The third-order valence-corrected chi connectivity index (χ3v) is 6.59. The maximum absolute atomic E-state index is 13.1. The first-order valence-corrected chi connectivity index (χ1v) is 10.6. The van der Waals surface area contributed by atoms with Crippen LogP contribution in [0.25, 0.3) is 0 Å². The molecule has 1 aromatic heterocycles. The van der Waals surface area contributed by atoms with Crippen molar-refractivity contribution in [3.05, 3.63) is 40.6 Å². The molecule has 2 aromatic rings. The van der Waals surface area contributed by atoms with Crippen molar-refractivity contribution in [3.8, 4) is 0 Å². The predicted molar refractivity (Wildman–Crippen MR) is 115 cm³/mol. The maximum atomic E-state index is 13.1. The van der Waals surface area contributed by atoms with Crippen molar-refractivity contribution in [1.82, 2.24) is 20.0 Å². The number of carbonyl (C=O) groups excluding carboxylic acids is 3. The fraction of sp³-hybridized carbons (Fsp3) is 0.455. The number of rotatable bonds is 3. The summed E-state index contributed by atoms with van der Waals surface area (Å²) in [5.41, 5.74) is 4.69. The molecule has 3 aliphatic heterocycles. The topological polar surface area (TPSA) is 99.6 Å². The van der Waals surface area contributed by atoms with Crippen LogP contribution in [0.3, 0.4) is 0 Å². The van der Waals surface area contributed by atoms with Crippen molar-refractivity contribution in [2.45, 2.75) is 51.9 Å². The van der Waals surface area contributed by atoms with E-state index in [0.29, 0.717) is 25.1 Å². The van der Waals surface area contributed by atoms with Gasteiger partial charge in [-0.25, -0.2) is 0 Å². The summed E-state index contributed by atoms with van der Waals surface area (Å²) in [6.45, 7) is 6.01. The van der Waals surface area contributed by atoms with Crippen LogP contribution in [0.4, 0.5) is 11.5 Å². The molecule has 3 amide bonds. The molecule has 3 aliphatic rings. The van der Waals surface area contributed by atoms with E-state index < -0.39 is 6.04 Å². The molecule has 9 heteroatoms. The van der Waals surface area contributed by atoms with Gasteiger partial charge in [-0.15, -0.1) is 0 Å². The number of imide groups is 1. The Morgan fingerprint density at radius 1 is 1.23 bits per heavy atom. The van der Waals surface area contributed by atoms with Crippen LogP contribution < -0.4 is 15.5 Å². The van der Waals surface area contributed by atoms with Crippen molar-refractivity contribution in [1.29, 1.82) is 0 Å². The first kappa shape index (κ1) is 19.6. The smallest absolute Gasteiger partial charge is 0.255 e. The molecule has 9 nitrogen and oxygen atoms in total. The highest BCUT2D eigenvalue weighted by atomic mass is 16.2. The highest BCUT2D eigenvalue weighted by Crippen LogP contribution is 2.36. The highest BCUT2D eigenvalue weighted by Gasteiger charge is 2.40. The molecular weight excluding hydrogens is 396 g/mol. The Balaban J connectivity index is 1.46. The van der Waals surface area contributed by atoms with Crippen LogP contribution in [0.5, 0.6) is 0 Å². The van der Waals surface area contributed by atoms with Crippen LogP contribution in [0.2, 0.25) is 0 Å². The molecule has 5 rings (SSSR count). The standard InChI is InChI=1S/C22H26N6O3/c1-12-9-23-19-13(2)25-26(3)21(19)27(12)10-14-5-4-6-15-16(14)11-28(22(15)31)17-7-8-18(29)24-20(17)30/h4-6,12,17,23H,7-11H2,1-3H3,(H,24,29,30). The number of anilines is 2. The normalized spacial score (nSPS) is 22.9. The summed E-state index contributed by atoms with van der Waals surface area (Å²) in [6, 6.07) is 5.44. The van der Waals surface area contributed by atoms with Gasteiger partial charge in [0.1, 0.15) is 11.7 Å². The second-order valence-corrected chi connectivity index (χ2v) is 8.61. The quantitative estimate of drug-likeness (QED) is 0.724. The Bertz CT molecular complexity index is 1110. The van der Waals surface area contributed by atoms with Gasteiger partial charge < -0.3 is 15.1 Å². The van der Waals surface area contributed by atoms with Gasteiger partial charge in [0, 0.05) is 44.7 Å². The van der Waals surface area contributed by atoms with Crippen LogP contribution >= 0.6 is 0 Å². The Kier molecular flexibility index (Phi) is 4.49. The molecule has 1 fully saturated rings. The van der Waals surface area contributed by atoms with E-state index in [9.17, 15) is 14.4 Å². The average molecular weight is 422 g/mol. The molecule has 1 saturated heterocycles. The summed E-state index contributed by atoms with van der Waals surface area (Å²) < 4.78 is 1.90. The lowest BCUT2D eigenvalue weighted by Crippen LogP contribution is -2.52. The molecule has 162 valence electrons. The lowest BCUT2D eigenvalue weighted by molar-refractivity contribution is -0.136. The number of aryl methyl sites for hydroxylation is 2. The summed E-state index contributed by atoms with van der Waals surface area (Å²) in [5.74, 6) is 0.239. The van der Waals surface area contributed by atoms with E-state index in [4.69, 9.17) is 0 Å². The number of amides is 3. The number of fused-ring (bicyclic) bond motifs is 2. The highest BCUT2D eigenvalue weighted by molar-refractivity contribution is 6.05. The van der Waals surface area contributed by atoms with Gasteiger partial charge in [-0.2, -0.15) is 5.10 Å². The second-order valence-electron chi connectivity index (χ2n) is 8.61. The molecule has 0 bridgehead atoms. The van der Waals surface area contributed by atoms with E-state index in [2.05, 4.69) is 33.6 Å². The lowest BCUT2D eigenvalue weighted by atomic mass is 10.0. The number of benzene rings is 1. The number of carbonyl (C=O) groups is 3. The van der Waals surface area contributed by atoms with E-state index in [0.717, 1.165) is 34.9 Å². The van der Waals surface area contributed by atoms with Crippen molar-refractivity contribution < 1.29 is 14.4 Å². The van der Waals surface area contributed by atoms with Gasteiger partial charge in [-0.05, 0) is 37.5 Å². The average Bonchev–Trinajstić information content (AvgIpc) is 3.21. The van der Waals surface area contributed by atoms with Crippen molar-refractivity contribution in [2.75, 3.05) is 16.8 Å². The third kappa shape index (κ3) is 3.07. The molecule has 0 saturated carbocycles. The minimum Gasteiger partial charge on any atom is -0.378 e. The SMILES string of the molecule is Cc1nn(C)c2c1NCC(C)N2Cc1cccc2c1CN(C1CCC(=O)NC1=O)C2=O.